The third-order valence-corrected chi connectivity index (χ3v) is 8.70. The van der Waals surface area contributed by atoms with Crippen LogP contribution in [0, 0.1) is 11.7 Å². The van der Waals surface area contributed by atoms with Crippen LogP contribution < -0.4 is 21.1 Å². The van der Waals surface area contributed by atoms with Gasteiger partial charge in [0.15, 0.2) is 0 Å². The molecule has 1 aromatic heterocycles. The normalized spacial score (nSPS) is 18.7. The van der Waals surface area contributed by atoms with Crippen molar-refractivity contribution in [2.24, 2.45) is 11.7 Å². The molecule has 2 aliphatic rings. The lowest BCUT2D eigenvalue weighted by Crippen LogP contribution is -2.53. The van der Waals surface area contributed by atoms with Gasteiger partial charge < -0.3 is 30.9 Å². The minimum absolute atomic E-state index is 0.107. The lowest BCUT2D eigenvalue weighted by Gasteiger charge is -2.35. The average Bonchev–Trinajstić information content (AvgIpc) is 3.04. The highest BCUT2D eigenvalue weighted by molar-refractivity contribution is 5.98. The fourth-order valence-electron chi connectivity index (χ4n) is 5.70. The molecule has 0 radical (unpaired) electrons. The second-order valence-corrected chi connectivity index (χ2v) is 11.7. The number of piperazine rings is 1. The second kappa shape index (κ2) is 14.4. The fraction of sp³-hybridized carbons (Fsp3) is 0.548. The van der Waals surface area contributed by atoms with E-state index in [1.165, 1.54) is 25.3 Å². The average molecular weight is 619 g/mol. The number of carbonyl (C=O) groups excluding carboxylic acids is 3. The number of nitrogens with one attached hydrogen (secondary N) is 2. The molecule has 0 bridgehead atoms. The first-order valence-electron chi connectivity index (χ1n) is 14.9. The number of pyridine rings is 1. The Balaban J connectivity index is 1.46. The number of aromatic nitrogens is 1. The minimum Gasteiger partial charge on any atom is -0.481 e. The van der Waals surface area contributed by atoms with Gasteiger partial charge in [0.1, 0.15) is 11.9 Å². The minimum atomic E-state index is -3.98. The van der Waals surface area contributed by atoms with Crippen LogP contribution in [0.3, 0.4) is 0 Å². The van der Waals surface area contributed by atoms with E-state index in [9.17, 15) is 14.4 Å². The number of methoxy groups -OCH3 is 1. The topological polar surface area (TPSA) is 130 Å². The number of likely N-dealkylation sites (N-methyl/N-ethyl adjacent to an activating group) is 1. The Kier molecular flexibility index (Phi) is 10.8. The van der Waals surface area contributed by atoms with Gasteiger partial charge in [-0.15, -0.1) is 0 Å². The predicted molar refractivity (Wildman–Crippen MR) is 159 cm³/mol. The summed E-state index contributed by atoms with van der Waals surface area (Å²) in [5.41, 5.74) is 5.92. The van der Waals surface area contributed by atoms with E-state index in [0.717, 1.165) is 44.6 Å². The van der Waals surface area contributed by atoms with E-state index in [1.807, 2.05) is 7.05 Å². The number of rotatable bonds is 10. The number of amides is 3. The Hall–Kier alpha value is -3.71. The summed E-state index contributed by atoms with van der Waals surface area (Å²) >= 11 is 0. The largest absolute Gasteiger partial charge is 0.481 e. The fourth-order valence-corrected chi connectivity index (χ4v) is 5.70. The molecule has 2 aromatic rings. The zero-order chi connectivity index (χ0) is 32.0. The van der Waals surface area contributed by atoms with Crippen LogP contribution >= 0.6 is 0 Å². The third kappa shape index (κ3) is 7.68. The van der Waals surface area contributed by atoms with E-state index >= 15 is 13.2 Å². The number of nitrogens with two attached hydrogens (primary N) is 1. The Morgan fingerprint density at radius 2 is 1.75 bits per heavy atom. The van der Waals surface area contributed by atoms with Crippen LogP contribution in [0.1, 0.15) is 56.1 Å². The standard InChI is InChI=1S/C31H41F3N6O4/c1-19(26(35)29(42)40-15-13-39(2)14-16-40)21-9-11-24(23(32)17-21)37-28(41)27(20-7-5-4-6-8-20)38-30(43)31(33,34)22-10-12-25(44-3)36-18-22/h9-12,17-20,26-27H,4-8,13-16,35H2,1-3H3,(H,37,41)(H,38,43). The first-order chi connectivity index (χ1) is 20.9. The molecule has 1 aliphatic heterocycles. The zero-order valence-electron chi connectivity index (χ0n) is 25.3. The van der Waals surface area contributed by atoms with Crippen LogP contribution in [-0.4, -0.2) is 84.9 Å². The molecule has 1 saturated heterocycles. The lowest BCUT2D eigenvalue weighted by atomic mass is 9.83. The monoisotopic (exact) mass is 618 g/mol. The van der Waals surface area contributed by atoms with Crippen molar-refractivity contribution in [3.63, 3.8) is 0 Å². The van der Waals surface area contributed by atoms with Crippen molar-refractivity contribution in [2.45, 2.75) is 63.0 Å². The van der Waals surface area contributed by atoms with Gasteiger partial charge in [-0.1, -0.05) is 32.3 Å². The molecule has 0 spiro atoms. The Bertz CT molecular complexity index is 1310. The first kappa shape index (κ1) is 33.2. The maximum Gasteiger partial charge on any atom is 0.351 e. The molecule has 3 unspecified atom stereocenters. The van der Waals surface area contributed by atoms with E-state index in [0.29, 0.717) is 31.5 Å². The summed E-state index contributed by atoms with van der Waals surface area (Å²) in [5.74, 6) is -8.22. The molecule has 3 atom stereocenters. The van der Waals surface area contributed by atoms with Crippen molar-refractivity contribution in [1.82, 2.24) is 20.1 Å². The summed E-state index contributed by atoms with van der Waals surface area (Å²) in [4.78, 5) is 46.8. The SMILES string of the molecule is COc1ccc(C(F)(F)C(=O)NC(C(=O)Nc2ccc(C(C)C(N)C(=O)N3CCN(C)CC3)cc2F)C2CCCCC2)cn1. The maximum absolute atomic E-state index is 15.3. The first-order valence-corrected chi connectivity index (χ1v) is 14.9. The van der Waals surface area contributed by atoms with Gasteiger partial charge in [0.25, 0.3) is 5.91 Å². The van der Waals surface area contributed by atoms with Gasteiger partial charge in [0, 0.05) is 49.9 Å². The van der Waals surface area contributed by atoms with E-state index < -0.39 is 53.0 Å². The Morgan fingerprint density at radius 1 is 1.07 bits per heavy atom. The van der Waals surface area contributed by atoms with Gasteiger partial charge in [0.05, 0.1) is 18.8 Å². The van der Waals surface area contributed by atoms with Gasteiger partial charge in [-0.05, 0) is 49.6 Å². The molecule has 13 heteroatoms. The van der Waals surface area contributed by atoms with Crippen molar-refractivity contribution in [3.05, 3.63) is 53.5 Å². The Morgan fingerprint density at radius 3 is 2.34 bits per heavy atom. The van der Waals surface area contributed by atoms with Gasteiger partial charge in [0.2, 0.25) is 17.7 Å². The highest BCUT2D eigenvalue weighted by atomic mass is 19.3. The van der Waals surface area contributed by atoms with Crippen LogP contribution in [0.5, 0.6) is 5.88 Å². The van der Waals surface area contributed by atoms with Crippen molar-refractivity contribution in [2.75, 3.05) is 45.7 Å². The lowest BCUT2D eigenvalue weighted by molar-refractivity contribution is -0.149. The molecule has 3 amide bonds. The number of ether oxygens (including phenoxy) is 1. The molecule has 44 heavy (non-hydrogen) atoms. The van der Waals surface area contributed by atoms with Crippen LogP contribution in [-0.2, 0) is 20.3 Å². The van der Waals surface area contributed by atoms with Crippen LogP contribution in [0.2, 0.25) is 0 Å². The van der Waals surface area contributed by atoms with Gasteiger partial charge in [-0.25, -0.2) is 9.37 Å². The number of carbonyl (C=O) groups is 3. The molecule has 2 fully saturated rings. The summed E-state index contributed by atoms with van der Waals surface area (Å²) in [5, 5.41) is 4.72. The number of alkyl halides is 2. The van der Waals surface area contributed by atoms with Crippen molar-refractivity contribution in [1.29, 1.82) is 0 Å². The summed E-state index contributed by atoms with van der Waals surface area (Å²) in [7, 11) is 3.32. The third-order valence-electron chi connectivity index (χ3n) is 8.70. The van der Waals surface area contributed by atoms with Crippen LogP contribution in [0.15, 0.2) is 36.5 Å². The number of anilines is 1. The van der Waals surface area contributed by atoms with Crippen molar-refractivity contribution in [3.8, 4) is 5.88 Å². The molecule has 1 aromatic carbocycles. The summed E-state index contributed by atoms with van der Waals surface area (Å²) < 4.78 is 50.4. The van der Waals surface area contributed by atoms with Gasteiger partial charge in [-0.2, -0.15) is 8.78 Å². The number of halogens is 3. The predicted octanol–water partition coefficient (Wildman–Crippen LogP) is 3.23. The molecule has 2 heterocycles. The molecule has 1 aliphatic carbocycles. The molecule has 1 saturated carbocycles. The van der Waals surface area contributed by atoms with E-state index in [1.54, 1.807) is 17.9 Å². The highest BCUT2D eigenvalue weighted by Gasteiger charge is 2.44. The number of benzene rings is 1. The summed E-state index contributed by atoms with van der Waals surface area (Å²) in [6, 6.07) is 4.17. The smallest absolute Gasteiger partial charge is 0.351 e. The highest BCUT2D eigenvalue weighted by Crippen LogP contribution is 2.32. The van der Waals surface area contributed by atoms with Crippen molar-refractivity contribution < 1.29 is 32.3 Å². The van der Waals surface area contributed by atoms with Crippen LogP contribution in [0.4, 0.5) is 18.9 Å². The second-order valence-electron chi connectivity index (χ2n) is 11.7. The molecule has 4 N–H and O–H groups in total. The van der Waals surface area contributed by atoms with E-state index in [2.05, 4.69) is 20.5 Å². The molecule has 240 valence electrons. The molecule has 4 rings (SSSR count). The summed E-state index contributed by atoms with van der Waals surface area (Å²) in [6.45, 7) is 4.36. The van der Waals surface area contributed by atoms with Crippen LogP contribution in [0.25, 0.3) is 0 Å². The van der Waals surface area contributed by atoms with E-state index in [4.69, 9.17) is 10.5 Å². The summed E-state index contributed by atoms with van der Waals surface area (Å²) in [6.07, 6.45) is 4.42. The molecule has 10 nitrogen and oxygen atoms in total. The molecular formula is C31H41F3N6O4. The van der Waals surface area contributed by atoms with Gasteiger partial charge >= 0.3 is 5.92 Å². The molecular weight excluding hydrogens is 577 g/mol. The number of nitrogens with zero attached hydrogens (tertiary/aromatic N) is 3. The van der Waals surface area contributed by atoms with Crippen molar-refractivity contribution >= 4 is 23.4 Å². The quantitative estimate of drug-likeness (QED) is 0.373. The zero-order valence-corrected chi connectivity index (χ0v) is 25.3. The van der Waals surface area contributed by atoms with Gasteiger partial charge in [-0.3, -0.25) is 14.4 Å². The number of hydrogen-bond donors (Lipinski definition) is 3. The number of hydrogen-bond acceptors (Lipinski definition) is 7. The maximum atomic E-state index is 15.3. The Labute approximate surface area is 255 Å². The van der Waals surface area contributed by atoms with E-state index in [-0.39, 0.29) is 17.5 Å².